The molecule has 6 heteroatoms. The minimum Gasteiger partial charge on any atom is -0.287 e. The minimum atomic E-state index is -0.722. The predicted molar refractivity (Wildman–Crippen MR) is 72.5 cm³/mol. The molecule has 106 valence electrons. The zero-order valence-electron chi connectivity index (χ0n) is 11.7. The number of carbonyl (C=O) groups excluding carboxylic acids is 2. The summed E-state index contributed by atoms with van der Waals surface area (Å²) in [6.45, 7) is 0. The van der Waals surface area contributed by atoms with Gasteiger partial charge >= 0.3 is 0 Å². The Morgan fingerprint density at radius 1 is 1.10 bits per heavy atom. The van der Waals surface area contributed by atoms with Gasteiger partial charge in [-0.25, -0.2) is 5.06 Å². The fourth-order valence-corrected chi connectivity index (χ4v) is 2.85. The molecule has 3 rings (SSSR count). The van der Waals surface area contributed by atoms with Crippen molar-refractivity contribution in [2.45, 2.75) is 12.3 Å². The molecule has 3 atom stereocenters. The third-order valence-corrected chi connectivity index (χ3v) is 3.84. The van der Waals surface area contributed by atoms with Gasteiger partial charge in [-0.3, -0.25) is 24.2 Å². The molecule has 0 saturated carbocycles. The van der Waals surface area contributed by atoms with Gasteiger partial charge in [0, 0.05) is 7.05 Å². The average molecular weight is 275 g/mol. The van der Waals surface area contributed by atoms with Crippen molar-refractivity contribution in [1.29, 1.82) is 0 Å². The first kappa shape index (κ1) is 13.1. The maximum Gasteiger partial charge on any atom is 0.261 e. The lowest BCUT2D eigenvalue weighted by Gasteiger charge is -2.32. The lowest BCUT2D eigenvalue weighted by Crippen LogP contribution is -2.47. The van der Waals surface area contributed by atoms with Crippen LogP contribution in [-0.4, -0.2) is 55.0 Å². The second kappa shape index (κ2) is 4.57. The van der Waals surface area contributed by atoms with Crippen LogP contribution >= 0.6 is 0 Å². The Morgan fingerprint density at radius 3 is 2.35 bits per heavy atom. The van der Waals surface area contributed by atoms with Crippen LogP contribution in [0.4, 0.5) is 5.69 Å². The Morgan fingerprint density at radius 2 is 1.75 bits per heavy atom. The van der Waals surface area contributed by atoms with Gasteiger partial charge in [0.1, 0.15) is 12.1 Å². The number of likely N-dealkylation sites (tertiary alicyclic amines) is 1. The first-order valence-corrected chi connectivity index (χ1v) is 6.51. The van der Waals surface area contributed by atoms with Gasteiger partial charge in [-0.2, -0.15) is 0 Å². The highest BCUT2D eigenvalue weighted by Crippen LogP contribution is 2.38. The van der Waals surface area contributed by atoms with Crippen LogP contribution in [-0.2, 0) is 14.4 Å². The Labute approximate surface area is 117 Å². The Kier molecular flexibility index (Phi) is 2.99. The molecule has 20 heavy (non-hydrogen) atoms. The minimum absolute atomic E-state index is 0.183. The van der Waals surface area contributed by atoms with Crippen LogP contribution in [0.25, 0.3) is 0 Å². The molecule has 0 bridgehead atoms. The van der Waals surface area contributed by atoms with Gasteiger partial charge in [-0.05, 0) is 26.2 Å². The molecule has 2 heterocycles. The molecule has 1 aromatic rings. The SMILES string of the molecule is CN1C(=O)[C@@H]2[C@@H](ON(c3ccccc3)[C@@H]2N(C)C)C1=O. The van der Waals surface area contributed by atoms with Crippen molar-refractivity contribution in [3.63, 3.8) is 0 Å². The molecule has 2 amide bonds. The number of amides is 2. The maximum atomic E-state index is 12.3. The van der Waals surface area contributed by atoms with E-state index in [1.54, 1.807) is 5.06 Å². The summed E-state index contributed by atoms with van der Waals surface area (Å²) in [5, 5.41) is 1.66. The van der Waals surface area contributed by atoms with E-state index in [9.17, 15) is 9.59 Å². The number of fused-ring (bicyclic) bond motifs is 1. The van der Waals surface area contributed by atoms with Gasteiger partial charge < -0.3 is 0 Å². The van der Waals surface area contributed by atoms with Crippen LogP contribution < -0.4 is 5.06 Å². The van der Waals surface area contributed by atoms with Gasteiger partial charge in [0.2, 0.25) is 5.91 Å². The molecule has 0 radical (unpaired) electrons. The highest BCUT2D eigenvalue weighted by Gasteiger charge is 2.59. The summed E-state index contributed by atoms with van der Waals surface area (Å²) in [6.07, 6.45) is -1.01. The van der Waals surface area contributed by atoms with Crippen LogP contribution in [0.1, 0.15) is 0 Å². The molecule has 2 fully saturated rings. The van der Waals surface area contributed by atoms with Crippen molar-refractivity contribution < 1.29 is 14.4 Å². The van der Waals surface area contributed by atoms with Crippen molar-refractivity contribution in [2.75, 3.05) is 26.2 Å². The number of anilines is 1. The summed E-state index contributed by atoms with van der Waals surface area (Å²) in [5.74, 6) is -0.940. The highest BCUT2D eigenvalue weighted by molar-refractivity contribution is 6.07. The summed E-state index contributed by atoms with van der Waals surface area (Å²) >= 11 is 0. The molecule has 0 N–H and O–H groups in total. The fraction of sp³-hybridized carbons (Fsp3) is 0.429. The maximum absolute atomic E-state index is 12.3. The van der Waals surface area contributed by atoms with E-state index in [-0.39, 0.29) is 18.0 Å². The normalized spacial score (nSPS) is 29.5. The molecule has 2 saturated heterocycles. The first-order chi connectivity index (χ1) is 9.52. The number of imide groups is 1. The lowest BCUT2D eigenvalue weighted by molar-refractivity contribution is -0.141. The third kappa shape index (κ3) is 1.72. The molecule has 6 nitrogen and oxygen atoms in total. The topological polar surface area (TPSA) is 53.1 Å². The Balaban J connectivity index is 1.99. The molecule has 0 spiro atoms. The number of hydrogen-bond acceptors (Lipinski definition) is 5. The van der Waals surface area contributed by atoms with Crippen LogP contribution in [0.2, 0.25) is 0 Å². The van der Waals surface area contributed by atoms with E-state index in [0.717, 1.165) is 10.6 Å². The zero-order chi connectivity index (χ0) is 14.4. The number of hydroxylamine groups is 1. The first-order valence-electron chi connectivity index (χ1n) is 6.51. The largest absolute Gasteiger partial charge is 0.287 e. The molecule has 1 aromatic carbocycles. The van der Waals surface area contributed by atoms with Crippen molar-refractivity contribution in [2.24, 2.45) is 5.92 Å². The molecular weight excluding hydrogens is 258 g/mol. The number of hydrogen-bond donors (Lipinski definition) is 0. The number of carbonyl (C=O) groups is 2. The van der Waals surface area contributed by atoms with Gasteiger partial charge in [-0.15, -0.1) is 0 Å². The van der Waals surface area contributed by atoms with E-state index in [2.05, 4.69) is 0 Å². The summed E-state index contributed by atoms with van der Waals surface area (Å²) in [4.78, 5) is 33.2. The Hall–Kier alpha value is -1.92. The van der Waals surface area contributed by atoms with Crippen LogP contribution in [0.5, 0.6) is 0 Å². The Bertz CT molecular complexity index is 546. The van der Waals surface area contributed by atoms with Gasteiger partial charge in [0.15, 0.2) is 6.10 Å². The van der Waals surface area contributed by atoms with Crippen LogP contribution in [0.3, 0.4) is 0 Å². The molecule has 0 aliphatic carbocycles. The van der Waals surface area contributed by atoms with E-state index in [1.807, 2.05) is 49.3 Å². The molecule has 0 aromatic heterocycles. The van der Waals surface area contributed by atoms with Gasteiger partial charge in [-0.1, -0.05) is 18.2 Å². The summed E-state index contributed by atoms with van der Waals surface area (Å²) in [6, 6.07) is 9.51. The van der Waals surface area contributed by atoms with Crippen molar-refractivity contribution in [3.8, 4) is 0 Å². The van der Waals surface area contributed by atoms with E-state index in [1.165, 1.54) is 7.05 Å². The average Bonchev–Trinajstić information content (AvgIpc) is 2.93. The molecule has 2 aliphatic heterocycles. The summed E-state index contributed by atoms with van der Waals surface area (Å²) in [7, 11) is 5.26. The van der Waals surface area contributed by atoms with Gasteiger partial charge in [0.05, 0.1) is 5.69 Å². The standard InChI is InChI=1S/C14H17N3O3/c1-15(2)12-10-11(14(19)16(3)13(10)18)20-17(12)9-7-5-4-6-8-9/h4-8,10-12H,1-3H3/t10-,11-,12+/m1/s1. The molecule has 0 unspecified atom stereocenters. The van der Waals surface area contributed by atoms with Crippen molar-refractivity contribution in [3.05, 3.63) is 30.3 Å². The highest BCUT2D eigenvalue weighted by atomic mass is 16.7. The van der Waals surface area contributed by atoms with Crippen molar-refractivity contribution >= 4 is 17.5 Å². The lowest BCUT2D eigenvalue weighted by atomic mass is 10.0. The number of rotatable bonds is 2. The molecular formula is C14H17N3O3. The zero-order valence-corrected chi connectivity index (χ0v) is 11.7. The van der Waals surface area contributed by atoms with E-state index in [4.69, 9.17) is 4.84 Å². The second-order valence-corrected chi connectivity index (χ2v) is 5.33. The fourth-order valence-electron chi connectivity index (χ4n) is 2.85. The van der Waals surface area contributed by atoms with E-state index < -0.39 is 12.0 Å². The van der Waals surface area contributed by atoms with Crippen LogP contribution in [0, 0.1) is 5.92 Å². The van der Waals surface area contributed by atoms with E-state index >= 15 is 0 Å². The smallest absolute Gasteiger partial charge is 0.261 e. The molecule has 2 aliphatic rings. The monoisotopic (exact) mass is 275 g/mol. The van der Waals surface area contributed by atoms with Crippen molar-refractivity contribution in [1.82, 2.24) is 9.80 Å². The summed E-state index contributed by atoms with van der Waals surface area (Å²) in [5.41, 5.74) is 0.837. The summed E-state index contributed by atoms with van der Waals surface area (Å²) < 4.78 is 0. The second-order valence-electron chi connectivity index (χ2n) is 5.33. The van der Waals surface area contributed by atoms with Crippen LogP contribution in [0.15, 0.2) is 30.3 Å². The predicted octanol–water partition coefficient (Wildman–Crippen LogP) is 0.309. The number of likely N-dealkylation sites (N-methyl/N-ethyl adjacent to an activating group) is 1. The quantitative estimate of drug-likeness (QED) is 0.727. The number of nitrogens with zero attached hydrogens (tertiary/aromatic N) is 3. The van der Waals surface area contributed by atoms with Gasteiger partial charge in [0.25, 0.3) is 5.91 Å². The third-order valence-electron chi connectivity index (χ3n) is 3.84. The number of benzene rings is 1. The van der Waals surface area contributed by atoms with E-state index in [0.29, 0.717) is 0 Å². The number of para-hydroxylation sites is 1.